The monoisotopic (exact) mass is 313 g/mol. The Kier molecular flexibility index (Phi) is 5.57. The van der Waals surface area contributed by atoms with Crippen molar-refractivity contribution in [2.75, 3.05) is 31.7 Å². The van der Waals surface area contributed by atoms with Gasteiger partial charge in [-0.3, -0.25) is 4.79 Å². The minimum absolute atomic E-state index is 0.0247. The van der Waals surface area contributed by atoms with E-state index in [-0.39, 0.29) is 17.5 Å². The van der Waals surface area contributed by atoms with E-state index in [9.17, 15) is 13.6 Å². The van der Waals surface area contributed by atoms with Crippen LogP contribution in [0.15, 0.2) is 18.2 Å². The van der Waals surface area contributed by atoms with Crippen LogP contribution < -0.4 is 9.64 Å². The summed E-state index contributed by atoms with van der Waals surface area (Å²) in [6.45, 7) is 3.40. The zero-order chi connectivity index (χ0) is 16.1. The zero-order valence-corrected chi connectivity index (χ0v) is 12.9. The lowest BCUT2D eigenvalue weighted by atomic mass is 9.96. The molecule has 2 rings (SSSR count). The van der Waals surface area contributed by atoms with Gasteiger partial charge in [0.2, 0.25) is 0 Å². The maximum absolute atomic E-state index is 12.9. The molecule has 1 heterocycles. The molecular weight excluding hydrogens is 292 g/mol. The molecule has 1 fully saturated rings. The van der Waals surface area contributed by atoms with Gasteiger partial charge in [-0.2, -0.15) is 0 Å². The van der Waals surface area contributed by atoms with Crippen molar-refractivity contribution in [1.82, 2.24) is 0 Å². The van der Waals surface area contributed by atoms with Crippen molar-refractivity contribution in [1.29, 1.82) is 0 Å². The smallest absolute Gasteiger partial charge is 0.309 e. The molecule has 0 unspecified atom stereocenters. The SMILES string of the molecule is CCOC(=O)C1CCN(c2cc(C(F)F)ccc2OC)CC1. The predicted octanol–water partition coefficient (Wildman–Crippen LogP) is 3.41. The van der Waals surface area contributed by atoms with Crippen molar-refractivity contribution >= 4 is 11.7 Å². The van der Waals surface area contributed by atoms with Gasteiger partial charge in [0, 0.05) is 18.7 Å². The third-order valence-corrected chi connectivity index (χ3v) is 3.91. The molecule has 0 aromatic heterocycles. The molecule has 122 valence electrons. The van der Waals surface area contributed by atoms with Crippen LogP contribution >= 0.6 is 0 Å². The highest BCUT2D eigenvalue weighted by molar-refractivity contribution is 5.73. The van der Waals surface area contributed by atoms with Crippen molar-refractivity contribution in [3.8, 4) is 5.75 Å². The Morgan fingerprint density at radius 1 is 1.36 bits per heavy atom. The van der Waals surface area contributed by atoms with Crippen LogP contribution in [0.5, 0.6) is 5.75 Å². The molecule has 0 atom stereocenters. The molecule has 0 bridgehead atoms. The zero-order valence-electron chi connectivity index (χ0n) is 12.9. The second kappa shape index (κ2) is 7.42. The number of anilines is 1. The fourth-order valence-corrected chi connectivity index (χ4v) is 2.71. The van der Waals surface area contributed by atoms with Crippen LogP contribution in [0.4, 0.5) is 14.5 Å². The van der Waals surface area contributed by atoms with Crippen LogP contribution in [-0.4, -0.2) is 32.8 Å². The number of ether oxygens (including phenoxy) is 2. The molecule has 0 aliphatic carbocycles. The summed E-state index contributed by atoms with van der Waals surface area (Å²) < 4.78 is 36.1. The fourth-order valence-electron chi connectivity index (χ4n) is 2.71. The maximum atomic E-state index is 12.9. The molecule has 6 heteroatoms. The van der Waals surface area contributed by atoms with Gasteiger partial charge in [-0.15, -0.1) is 0 Å². The fraction of sp³-hybridized carbons (Fsp3) is 0.562. The first-order valence-electron chi connectivity index (χ1n) is 7.44. The van der Waals surface area contributed by atoms with E-state index in [2.05, 4.69) is 0 Å². The topological polar surface area (TPSA) is 38.8 Å². The molecule has 0 N–H and O–H groups in total. The number of piperidine rings is 1. The minimum Gasteiger partial charge on any atom is -0.495 e. The highest BCUT2D eigenvalue weighted by Gasteiger charge is 2.27. The molecule has 0 amide bonds. The number of carbonyl (C=O) groups is 1. The first-order chi connectivity index (χ1) is 10.6. The lowest BCUT2D eigenvalue weighted by Crippen LogP contribution is -2.37. The number of methoxy groups -OCH3 is 1. The Morgan fingerprint density at radius 2 is 2.05 bits per heavy atom. The van der Waals surface area contributed by atoms with Gasteiger partial charge in [0.05, 0.1) is 25.3 Å². The molecule has 1 aliphatic rings. The van der Waals surface area contributed by atoms with Crippen molar-refractivity contribution in [3.63, 3.8) is 0 Å². The number of rotatable bonds is 5. The van der Waals surface area contributed by atoms with E-state index in [0.29, 0.717) is 44.0 Å². The molecule has 0 saturated carbocycles. The number of carbonyl (C=O) groups excluding carboxylic acids is 1. The Bertz CT molecular complexity index is 514. The average molecular weight is 313 g/mol. The number of benzene rings is 1. The van der Waals surface area contributed by atoms with Gasteiger partial charge < -0.3 is 14.4 Å². The van der Waals surface area contributed by atoms with Crippen LogP contribution in [0.25, 0.3) is 0 Å². The highest BCUT2D eigenvalue weighted by Crippen LogP contribution is 2.35. The standard InChI is InChI=1S/C16H21F2NO3/c1-3-22-16(20)11-6-8-19(9-7-11)13-10-12(15(17)18)4-5-14(13)21-2/h4-5,10-11,15H,3,6-9H2,1-2H3. The van der Waals surface area contributed by atoms with E-state index in [1.807, 2.05) is 4.90 Å². The second-order valence-electron chi connectivity index (χ2n) is 5.25. The molecule has 0 radical (unpaired) electrons. The number of halogens is 2. The third-order valence-electron chi connectivity index (χ3n) is 3.91. The lowest BCUT2D eigenvalue weighted by molar-refractivity contribution is -0.148. The van der Waals surface area contributed by atoms with Crippen molar-refractivity contribution in [3.05, 3.63) is 23.8 Å². The van der Waals surface area contributed by atoms with Gasteiger partial charge in [-0.05, 0) is 38.0 Å². The predicted molar refractivity (Wildman–Crippen MR) is 79.5 cm³/mol. The summed E-state index contributed by atoms with van der Waals surface area (Å²) in [6, 6.07) is 4.40. The summed E-state index contributed by atoms with van der Waals surface area (Å²) in [6.07, 6.45) is -1.20. The van der Waals surface area contributed by atoms with Crippen molar-refractivity contribution in [2.45, 2.75) is 26.2 Å². The van der Waals surface area contributed by atoms with Crippen LogP contribution in [0.3, 0.4) is 0 Å². The molecule has 0 spiro atoms. The van der Waals surface area contributed by atoms with E-state index < -0.39 is 6.43 Å². The molecule has 1 aromatic carbocycles. The van der Waals surface area contributed by atoms with E-state index in [4.69, 9.17) is 9.47 Å². The van der Waals surface area contributed by atoms with Crippen molar-refractivity contribution < 1.29 is 23.0 Å². The molecular formula is C16H21F2NO3. The average Bonchev–Trinajstić information content (AvgIpc) is 2.54. The van der Waals surface area contributed by atoms with E-state index in [1.54, 1.807) is 13.0 Å². The molecule has 22 heavy (non-hydrogen) atoms. The summed E-state index contributed by atoms with van der Waals surface area (Å²) >= 11 is 0. The van der Waals surface area contributed by atoms with Crippen LogP contribution in [-0.2, 0) is 9.53 Å². The van der Waals surface area contributed by atoms with Crippen LogP contribution in [0, 0.1) is 5.92 Å². The summed E-state index contributed by atoms with van der Waals surface area (Å²) in [4.78, 5) is 13.7. The number of esters is 1. The Hall–Kier alpha value is -1.85. The first kappa shape index (κ1) is 16.5. The summed E-state index contributed by atoms with van der Waals surface area (Å²) in [5, 5.41) is 0. The number of alkyl halides is 2. The number of hydrogen-bond donors (Lipinski definition) is 0. The number of hydrogen-bond acceptors (Lipinski definition) is 4. The summed E-state index contributed by atoms with van der Waals surface area (Å²) in [5.41, 5.74) is 0.630. The minimum atomic E-state index is -2.51. The number of nitrogens with zero attached hydrogens (tertiary/aromatic N) is 1. The van der Waals surface area contributed by atoms with Gasteiger partial charge in [0.15, 0.2) is 0 Å². The first-order valence-corrected chi connectivity index (χ1v) is 7.44. The van der Waals surface area contributed by atoms with E-state index in [0.717, 1.165) is 0 Å². The molecule has 1 saturated heterocycles. The summed E-state index contributed by atoms with van der Waals surface area (Å²) in [7, 11) is 1.52. The van der Waals surface area contributed by atoms with Crippen LogP contribution in [0.2, 0.25) is 0 Å². The molecule has 1 aromatic rings. The molecule has 1 aliphatic heterocycles. The van der Waals surface area contributed by atoms with Crippen molar-refractivity contribution in [2.24, 2.45) is 5.92 Å². The molecule has 4 nitrogen and oxygen atoms in total. The van der Waals surface area contributed by atoms with Gasteiger partial charge in [0.1, 0.15) is 5.75 Å². The van der Waals surface area contributed by atoms with E-state index in [1.165, 1.54) is 19.2 Å². The highest BCUT2D eigenvalue weighted by atomic mass is 19.3. The maximum Gasteiger partial charge on any atom is 0.309 e. The van der Waals surface area contributed by atoms with Gasteiger partial charge in [0.25, 0.3) is 6.43 Å². The van der Waals surface area contributed by atoms with Crippen LogP contribution in [0.1, 0.15) is 31.8 Å². The van der Waals surface area contributed by atoms with Gasteiger partial charge in [-0.25, -0.2) is 8.78 Å². The normalized spacial score (nSPS) is 16.0. The Morgan fingerprint density at radius 3 is 2.59 bits per heavy atom. The van der Waals surface area contributed by atoms with E-state index >= 15 is 0 Å². The second-order valence-corrected chi connectivity index (χ2v) is 5.25. The quantitative estimate of drug-likeness (QED) is 0.781. The largest absolute Gasteiger partial charge is 0.495 e. The summed E-state index contributed by atoms with van der Waals surface area (Å²) in [5.74, 6) is 0.287. The third kappa shape index (κ3) is 3.67. The Balaban J connectivity index is 2.10. The van der Waals surface area contributed by atoms with Gasteiger partial charge in [-0.1, -0.05) is 0 Å². The van der Waals surface area contributed by atoms with Gasteiger partial charge >= 0.3 is 5.97 Å². The Labute approximate surface area is 129 Å². The lowest BCUT2D eigenvalue weighted by Gasteiger charge is -2.33.